The van der Waals surface area contributed by atoms with E-state index in [4.69, 9.17) is 5.73 Å². The van der Waals surface area contributed by atoms with Crippen molar-refractivity contribution in [3.63, 3.8) is 0 Å². The second-order valence-corrected chi connectivity index (χ2v) is 5.98. The van der Waals surface area contributed by atoms with Crippen molar-refractivity contribution in [3.05, 3.63) is 23.5 Å². The molecule has 7 nitrogen and oxygen atoms in total. The van der Waals surface area contributed by atoms with Crippen LogP contribution < -0.4 is 14.8 Å². The fourth-order valence-electron chi connectivity index (χ4n) is 1.73. The SMILES string of the molecule is C[C@H](N)C#Cc1ccc(O)c(N2CC(=O)NS2(=O)=O)c1F. The molecule has 112 valence electrons. The summed E-state index contributed by atoms with van der Waals surface area (Å²) in [7, 11) is -4.22. The average Bonchev–Trinajstić information content (AvgIpc) is 2.61. The van der Waals surface area contributed by atoms with Crippen LogP contribution in [0.1, 0.15) is 12.5 Å². The van der Waals surface area contributed by atoms with Crippen LogP contribution in [0.3, 0.4) is 0 Å². The first-order valence-corrected chi connectivity index (χ1v) is 7.28. The summed E-state index contributed by atoms with van der Waals surface area (Å²) in [6.45, 7) is 0.983. The molecule has 21 heavy (non-hydrogen) atoms. The van der Waals surface area contributed by atoms with Crippen LogP contribution in [0.2, 0.25) is 0 Å². The molecule has 1 aromatic rings. The minimum absolute atomic E-state index is 0.130. The Morgan fingerprint density at radius 3 is 2.71 bits per heavy atom. The molecule has 1 amide bonds. The zero-order valence-electron chi connectivity index (χ0n) is 10.9. The summed E-state index contributed by atoms with van der Waals surface area (Å²) in [4.78, 5) is 11.2. The number of halogens is 1. The number of nitrogens with zero attached hydrogens (tertiary/aromatic N) is 1. The largest absolute Gasteiger partial charge is 0.506 e. The molecule has 1 fully saturated rings. The molecule has 0 radical (unpaired) electrons. The van der Waals surface area contributed by atoms with Crippen LogP contribution in [0.15, 0.2) is 12.1 Å². The van der Waals surface area contributed by atoms with E-state index in [0.29, 0.717) is 4.31 Å². The maximum absolute atomic E-state index is 14.4. The van der Waals surface area contributed by atoms with Crippen LogP contribution in [0.5, 0.6) is 5.75 Å². The maximum Gasteiger partial charge on any atom is 0.326 e. The van der Waals surface area contributed by atoms with Crippen molar-refractivity contribution in [1.29, 1.82) is 0 Å². The quantitative estimate of drug-likeness (QED) is 0.600. The van der Waals surface area contributed by atoms with Crippen molar-refractivity contribution in [1.82, 2.24) is 4.72 Å². The number of anilines is 1. The molecule has 1 aliphatic rings. The molecule has 0 saturated carbocycles. The molecule has 1 aliphatic heterocycles. The number of carbonyl (C=O) groups is 1. The van der Waals surface area contributed by atoms with Crippen LogP contribution in [0, 0.1) is 17.7 Å². The van der Waals surface area contributed by atoms with Gasteiger partial charge in [0.25, 0.3) is 5.91 Å². The number of hydrogen-bond acceptors (Lipinski definition) is 5. The lowest BCUT2D eigenvalue weighted by Gasteiger charge is -2.17. The predicted octanol–water partition coefficient (Wildman–Crippen LogP) is -0.589. The van der Waals surface area contributed by atoms with Gasteiger partial charge in [0.05, 0.1) is 11.6 Å². The van der Waals surface area contributed by atoms with Crippen LogP contribution >= 0.6 is 0 Å². The molecule has 1 aromatic carbocycles. The van der Waals surface area contributed by atoms with Gasteiger partial charge in [0.2, 0.25) is 0 Å². The van der Waals surface area contributed by atoms with Gasteiger partial charge in [-0.2, -0.15) is 8.42 Å². The fraction of sp³-hybridized carbons (Fsp3) is 0.250. The Labute approximate surface area is 120 Å². The Kier molecular flexibility index (Phi) is 3.76. The van der Waals surface area contributed by atoms with Gasteiger partial charge in [-0.15, -0.1) is 0 Å². The first-order chi connectivity index (χ1) is 9.72. The van der Waals surface area contributed by atoms with Crippen molar-refractivity contribution in [3.8, 4) is 17.6 Å². The summed E-state index contributed by atoms with van der Waals surface area (Å²) in [5, 5.41) is 9.71. The van der Waals surface area contributed by atoms with Gasteiger partial charge < -0.3 is 10.8 Å². The van der Waals surface area contributed by atoms with E-state index in [1.54, 1.807) is 11.6 Å². The van der Waals surface area contributed by atoms with Crippen LogP contribution in [-0.2, 0) is 15.0 Å². The lowest BCUT2D eigenvalue weighted by atomic mass is 10.1. The van der Waals surface area contributed by atoms with E-state index in [1.807, 2.05) is 0 Å². The highest BCUT2D eigenvalue weighted by atomic mass is 32.2. The third kappa shape index (κ3) is 2.91. The monoisotopic (exact) mass is 313 g/mol. The Morgan fingerprint density at radius 2 is 2.19 bits per heavy atom. The number of rotatable bonds is 1. The first kappa shape index (κ1) is 15.1. The molecular weight excluding hydrogens is 301 g/mol. The highest BCUT2D eigenvalue weighted by molar-refractivity contribution is 7.92. The van der Waals surface area contributed by atoms with Crippen LogP contribution in [0.25, 0.3) is 0 Å². The second-order valence-electron chi connectivity index (χ2n) is 4.39. The fourth-order valence-corrected chi connectivity index (χ4v) is 2.89. The van der Waals surface area contributed by atoms with Gasteiger partial charge in [0.1, 0.15) is 18.0 Å². The number of phenolic OH excluding ortho intramolecular Hbond substituents is 1. The predicted molar refractivity (Wildman–Crippen MR) is 73.0 cm³/mol. The summed E-state index contributed by atoms with van der Waals surface area (Å²) in [5.41, 5.74) is 4.68. The van der Waals surface area contributed by atoms with Crippen molar-refractivity contribution in [2.45, 2.75) is 13.0 Å². The number of phenols is 1. The van der Waals surface area contributed by atoms with Gasteiger partial charge >= 0.3 is 10.2 Å². The van der Waals surface area contributed by atoms with Gasteiger partial charge in [-0.05, 0) is 19.1 Å². The van der Waals surface area contributed by atoms with E-state index in [0.717, 1.165) is 6.07 Å². The Morgan fingerprint density at radius 1 is 1.52 bits per heavy atom. The molecule has 0 bridgehead atoms. The number of carbonyl (C=O) groups excluding carboxylic acids is 1. The molecule has 0 spiro atoms. The van der Waals surface area contributed by atoms with E-state index >= 15 is 0 Å². The Bertz CT molecular complexity index is 765. The van der Waals surface area contributed by atoms with Crippen molar-refractivity contribution in [2.24, 2.45) is 5.73 Å². The Hall–Kier alpha value is -2.31. The van der Waals surface area contributed by atoms with E-state index in [2.05, 4.69) is 11.8 Å². The average molecular weight is 313 g/mol. The van der Waals surface area contributed by atoms with Crippen molar-refractivity contribution >= 4 is 21.8 Å². The minimum atomic E-state index is -4.22. The van der Waals surface area contributed by atoms with Crippen molar-refractivity contribution in [2.75, 3.05) is 10.8 Å². The molecule has 1 saturated heterocycles. The Balaban J connectivity index is 2.58. The number of benzene rings is 1. The maximum atomic E-state index is 14.4. The summed E-state index contributed by atoms with van der Waals surface area (Å²) in [6, 6.07) is 1.80. The van der Waals surface area contributed by atoms with E-state index < -0.39 is 46.0 Å². The molecule has 2 rings (SSSR count). The molecule has 1 atom stereocenters. The van der Waals surface area contributed by atoms with E-state index in [-0.39, 0.29) is 5.56 Å². The normalized spacial score (nSPS) is 17.9. The van der Waals surface area contributed by atoms with Gasteiger partial charge in [0, 0.05) is 0 Å². The summed E-state index contributed by atoms with van der Waals surface area (Å²) in [5.74, 6) is 2.51. The van der Waals surface area contributed by atoms with Crippen molar-refractivity contribution < 1.29 is 22.7 Å². The van der Waals surface area contributed by atoms with E-state index in [1.165, 1.54) is 6.07 Å². The molecule has 0 aliphatic carbocycles. The molecule has 1 heterocycles. The summed E-state index contributed by atoms with van der Waals surface area (Å²) in [6.07, 6.45) is 0. The number of hydrogen-bond donors (Lipinski definition) is 3. The summed E-state index contributed by atoms with van der Waals surface area (Å²) >= 11 is 0. The molecule has 0 unspecified atom stereocenters. The molecular formula is C12H12FN3O4S. The van der Waals surface area contributed by atoms with Gasteiger partial charge in [-0.3, -0.25) is 4.79 Å². The molecule has 9 heteroatoms. The topological polar surface area (TPSA) is 113 Å². The van der Waals surface area contributed by atoms with E-state index in [9.17, 15) is 22.7 Å². The van der Waals surface area contributed by atoms with Crippen LogP contribution in [-0.4, -0.2) is 32.0 Å². The van der Waals surface area contributed by atoms with Gasteiger partial charge in [0.15, 0.2) is 5.82 Å². The van der Waals surface area contributed by atoms with Crippen LogP contribution in [0.4, 0.5) is 10.1 Å². The van der Waals surface area contributed by atoms with Gasteiger partial charge in [-0.1, -0.05) is 11.8 Å². The third-order valence-electron chi connectivity index (χ3n) is 2.60. The lowest BCUT2D eigenvalue weighted by Crippen LogP contribution is -2.30. The number of aromatic hydroxyl groups is 1. The third-order valence-corrected chi connectivity index (χ3v) is 3.98. The first-order valence-electron chi connectivity index (χ1n) is 5.84. The molecule has 0 aromatic heterocycles. The number of nitrogens with one attached hydrogen (secondary N) is 1. The highest BCUT2D eigenvalue weighted by Crippen LogP contribution is 2.34. The zero-order valence-corrected chi connectivity index (χ0v) is 11.7. The second kappa shape index (κ2) is 5.23. The number of nitrogens with two attached hydrogens (primary N) is 1. The minimum Gasteiger partial charge on any atom is -0.506 e. The highest BCUT2D eigenvalue weighted by Gasteiger charge is 2.37. The lowest BCUT2D eigenvalue weighted by molar-refractivity contribution is -0.117. The molecule has 4 N–H and O–H groups in total. The smallest absolute Gasteiger partial charge is 0.326 e. The van der Waals surface area contributed by atoms with Gasteiger partial charge in [-0.25, -0.2) is 13.4 Å². The summed E-state index contributed by atoms with van der Waals surface area (Å²) < 4.78 is 39.9. The number of amides is 1. The zero-order chi connectivity index (χ0) is 15.8. The standard InChI is InChI=1S/C12H12FN3O4S/c1-7(14)2-3-8-4-5-9(17)12(11(8)13)16-6-10(18)15-21(16,19)20/h4-5,7,17H,6,14H2,1H3,(H,15,18)/t7-/m0/s1.